The highest BCUT2D eigenvalue weighted by Crippen LogP contribution is 2.27. The Morgan fingerprint density at radius 1 is 1.14 bits per heavy atom. The predicted molar refractivity (Wildman–Crippen MR) is 78.4 cm³/mol. The molecule has 4 heteroatoms. The molecule has 0 atom stereocenters. The molecular weight excluding hydrogens is 264 g/mol. The number of nitrogens with zero attached hydrogens (tertiary/aromatic N) is 1. The Morgan fingerprint density at radius 3 is 2.57 bits per heavy atom. The summed E-state index contributed by atoms with van der Waals surface area (Å²) in [7, 11) is 0. The van der Waals surface area contributed by atoms with Crippen LogP contribution >= 0.6 is 0 Å². The summed E-state index contributed by atoms with van der Waals surface area (Å²) in [4.78, 5) is 12.5. The van der Waals surface area contributed by atoms with Gasteiger partial charge in [-0.15, -0.1) is 0 Å². The van der Waals surface area contributed by atoms with Gasteiger partial charge in [-0.05, 0) is 36.1 Å². The molecule has 0 radical (unpaired) electrons. The fourth-order valence-corrected chi connectivity index (χ4v) is 3.20. The van der Waals surface area contributed by atoms with Crippen LogP contribution < -0.4 is 5.32 Å². The smallest absolute Gasteiger partial charge is 0.252 e. The molecule has 1 heterocycles. The van der Waals surface area contributed by atoms with Crippen molar-refractivity contribution in [3.05, 3.63) is 34.9 Å². The van der Waals surface area contributed by atoms with E-state index in [1.54, 1.807) is 0 Å². The first-order valence-corrected chi connectivity index (χ1v) is 7.66. The molecule has 110 valence electrons. The summed E-state index contributed by atoms with van der Waals surface area (Å²) in [6.07, 6.45) is 5.81. The van der Waals surface area contributed by atoms with Crippen molar-refractivity contribution in [1.29, 1.82) is 5.26 Å². The third-order valence-electron chi connectivity index (χ3n) is 4.51. The molecule has 4 nitrogen and oxygen atoms in total. The molecular formula is C17H20N2O2. The second kappa shape index (κ2) is 5.87. The Labute approximate surface area is 125 Å². The van der Waals surface area contributed by atoms with Crippen molar-refractivity contribution in [3.63, 3.8) is 0 Å². The van der Waals surface area contributed by atoms with Crippen molar-refractivity contribution in [1.82, 2.24) is 5.32 Å². The maximum absolute atomic E-state index is 12.5. The van der Waals surface area contributed by atoms with Gasteiger partial charge in [0.25, 0.3) is 5.91 Å². The Balaban J connectivity index is 1.77. The van der Waals surface area contributed by atoms with Gasteiger partial charge in [0, 0.05) is 5.56 Å². The molecule has 1 aromatic rings. The van der Waals surface area contributed by atoms with E-state index < -0.39 is 5.54 Å². The second-order valence-corrected chi connectivity index (χ2v) is 6.04. The van der Waals surface area contributed by atoms with Gasteiger partial charge >= 0.3 is 0 Å². The molecule has 0 unspecified atom stereocenters. The van der Waals surface area contributed by atoms with Gasteiger partial charge in [0.05, 0.1) is 19.3 Å². The molecule has 21 heavy (non-hydrogen) atoms. The van der Waals surface area contributed by atoms with Gasteiger partial charge in [-0.1, -0.05) is 31.7 Å². The summed E-state index contributed by atoms with van der Waals surface area (Å²) in [5.74, 6) is -0.145. The maximum Gasteiger partial charge on any atom is 0.252 e. The maximum atomic E-state index is 12.5. The quantitative estimate of drug-likeness (QED) is 0.849. The van der Waals surface area contributed by atoms with Gasteiger partial charge < -0.3 is 10.1 Å². The number of carbonyl (C=O) groups excluding carboxylic acids is 1. The van der Waals surface area contributed by atoms with Crippen LogP contribution in [0.4, 0.5) is 0 Å². The molecule has 0 saturated heterocycles. The highest BCUT2D eigenvalue weighted by molar-refractivity contribution is 5.95. The number of benzene rings is 1. The standard InChI is InChI=1S/C17H20N2O2/c18-12-17(7-3-1-2-4-8-17)19-16(20)13-5-6-14-10-21-11-15(14)9-13/h5-6,9H,1-4,7-8,10-11H2,(H,19,20). The lowest BCUT2D eigenvalue weighted by molar-refractivity contribution is 0.0912. The van der Waals surface area contributed by atoms with Gasteiger partial charge in [-0.25, -0.2) is 0 Å². The van der Waals surface area contributed by atoms with Gasteiger partial charge in [-0.2, -0.15) is 5.26 Å². The van der Waals surface area contributed by atoms with Crippen LogP contribution in [-0.2, 0) is 18.0 Å². The van der Waals surface area contributed by atoms with Crippen LogP contribution in [0.2, 0.25) is 0 Å². The topological polar surface area (TPSA) is 62.1 Å². The molecule has 2 aliphatic rings. The average Bonchev–Trinajstić information content (AvgIpc) is 2.85. The summed E-state index contributed by atoms with van der Waals surface area (Å²) in [5, 5.41) is 12.5. The summed E-state index contributed by atoms with van der Waals surface area (Å²) < 4.78 is 5.37. The Hall–Kier alpha value is -1.86. The average molecular weight is 284 g/mol. The normalized spacial score (nSPS) is 20.1. The van der Waals surface area contributed by atoms with Crippen LogP contribution in [-0.4, -0.2) is 11.4 Å². The van der Waals surface area contributed by atoms with Gasteiger partial charge in [0.2, 0.25) is 0 Å². The summed E-state index contributed by atoms with van der Waals surface area (Å²) >= 11 is 0. The van der Waals surface area contributed by atoms with Crippen LogP contribution in [0, 0.1) is 11.3 Å². The Bertz CT molecular complexity index is 581. The third kappa shape index (κ3) is 2.93. The van der Waals surface area contributed by atoms with E-state index in [9.17, 15) is 10.1 Å². The van der Waals surface area contributed by atoms with Crippen LogP contribution in [0.1, 0.15) is 60.0 Å². The number of nitriles is 1. The van der Waals surface area contributed by atoms with Gasteiger partial charge in [0.1, 0.15) is 5.54 Å². The fourth-order valence-electron chi connectivity index (χ4n) is 3.20. The fraction of sp³-hybridized carbons (Fsp3) is 0.529. The van der Waals surface area contributed by atoms with E-state index in [2.05, 4.69) is 11.4 Å². The van der Waals surface area contributed by atoms with Crippen molar-refractivity contribution in [2.75, 3.05) is 0 Å². The van der Waals surface area contributed by atoms with E-state index in [0.29, 0.717) is 18.8 Å². The lowest BCUT2D eigenvalue weighted by atomic mass is 9.91. The van der Waals surface area contributed by atoms with Crippen LogP contribution in [0.3, 0.4) is 0 Å². The molecule has 0 bridgehead atoms. The number of carbonyl (C=O) groups is 1. The number of rotatable bonds is 2. The minimum absolute atomic E-state index is 0.145. The van der Waals surface area contributed by atoms with E-state index in [4.69, 9.17) is 4.74 Å². The van der Waals surface area contributed by atoms with E-state index in [-0.39, 0.29) is 5.91 Å². The SMILES string of the molecule is N#CC1(NC(=O)c2ccc3c(c2)COC3)CCCCCC1. The van der Waals surface area contributed by atoms with Gasteiger partial charge in [0.15, 0.2) is 0 Å². The number of hydrogen-bond acceptors (Lipinski definition) is 3. The van der Waals surface area contributed by atoms with Crippen molar-refractivity contribution < 1.29 is 9.53 Å². The largest absolute Gasteiger partial charge is 0.372 e. The molecule has 1 aromatic carbocycles. The number of ether oxygens (including phenoxy) is 1. The number of fused-ring (bicyclic) bond motifs is 1. The van der Waals surface area contributed by atoms with E-state index in [1.165, 1.54) is 0 Å². The molecule has 1 aliphatic heterocycles. The first-order valence-electron chi connectivity index (χ1n) is 7.66. The van der Waals surface area contributed by atoms with Crippen LogP contribution in [0.5, 0.6) is 0 Å². The summed E-state index contributed by atoms with van der Waals surface area (Å²) in [6.45, 7) is 1.19. The molecule has 1 saturated carbocycles. The van der Waals surface area contributed by atoms with Crippen LogP contribution in [0.15, 0.2) is 18.2 Å². The molecule has 1 amide bonds. The molecule has 0 aromatic heterocycles. The van der Waals surface area contributed by atoms with E-state index >= 15 is 0 Å². The zero-order chi connectivity index (χ0) is 14.7. The zero-order valence-electron chi connectivity index (χ0n) is 12.2. The van der Waals surface area contributed by atoms with Crippen molar-refractivity contribution in [2.24, 2.45) is 0 Å². The van der Waals surface area contributed by atoms with Gasteiger partial charge in [-0.3, -0.25) is 4.79 Å². The van der Waals surface area contributed by atoms with Crippen molar-refractivity contribution in [2.45, 2.75) is 57.3 Å². The van der Waals surface area contributed by atoms with Crippen molar-refractivity contribution in [3.8, 4) is 6.07 Å². The molecule has 1 N–H and O–H groups in total. The lowest BCUT2D eigenvalue weighted by Gasteiger charge is -2.26. The number of nitrogens with one attached hydrogen (secondary N) is 1. The zero-order valence-corrected chi connectivity index (χ0v) is 12.2. The predicted octanol–water partition coefficient (Wildman–Crippen LogP) is 3.06. The second-order valence-electron chi connectivity index (χ2n) is 6.04. The summed E-state index contributed by atoms with van der Waals surface area (Å²) in [6, 6.07) is 8.01. The molecule has 1 fully saturated rings. The Morgan fingerprint density at radius 2 is 1.86 bits per heavy atom. The first kappa shape index (κ1) is 14.1. The first-order chi connectivity index (χ1) is 10.2. The monoisotopic (exact) mass is 284 g/mol. The minimum atomic E-state index is -0.691. The van der Waals surface area contributed by atoms with Crippen LogP contribution in [0.25, 0.3) is 0 Å². The Kier molecular flexibility index (Phi) is 3.94. The number of amides is 1. The molecule has 3 rings (SSSR count). The van der Waals surface area contributed by atoms with E-state index in [0.717, 1.165) is 49.7 Å². The highest BCUT2D eigenvalue weighted by atomic mass is 16.5. The highest BCUT2D eigenvalue weighted by Gasteiger charge is 2.33. The lowest BCUT2D eigenvalue weighted by Crippen LogP contribution is -2.47. The number of hydrogen-bond donors (Lipinski definition) is 1. The molecule has 0 spiro atoms. The third-order valence-corrected chi connectivity index (χ3v) is 4.51. The summed E-state index contributed by atoms with van der Waals surface area (Å²) in [5.41, 5.74) is 2.16. The van der Waals surface area contributed by atoms with Crippen molar-refractivity contribution >= 4 is 5.91 Å². The molecule has 1 aliphatic carbocycles. The van der Waals surface area contributed by atoms with E-state index in [1.807, 2.05) is 18.2 Å². The minimum Gasteiger partial charge on any atom is -0.372 e.